The zero-order valence-corrected chi connectivity index (χ0v) is 16.2. The van der Waals surface area contributed by atoms with E-state index in [1.165, 1.54) is 15.4 Å². The molecule has 1 saturated heterocycles. The Balaban J connectivity index is 1.51. The third-order valence-electron chi connectivity index (χ3n) is 5.90. The van der Waals surface area contributed by atoms with Gasteiger partial charge in [0, 0.05) is 18.5 Å². The van der Waals surface area contributed by atoms with Crippen LogP contribution in [0, 0.1) is 11.8 Å². The van der Waals surface area contributed by atoms with Crippen molar-refractivity contribution >= 4 is 17.7 Å². The molecule has 2 fully saturated rings. The molecular weight excluding hydrogens is 342 g/mol. The molecule has 3 atom stereocenters. The summed E-state index contributed by atoms with van der Waals surface area (Å²) in [6, 6.07) is 10.3. The van der Waals surface area contributed by atoms with Crippen LogP contribution in [-0.4, -0.2) is 49.8 Å². The van der Waals surface area contributed by atoms with E-state index in [-0.39, 0.29) is 48.6 Å². The lowest BCUT2D eigenvalue weighted by Crippen LogP contribution is -3.07. The van der Waals surface area contributed by atoms with Gasteiger partial charge in [0.2, 0.25) is 17.7 Å². The van der Waals surface area contributed by atoms with Gasteiger partial charge in [0.25, 0.3) is 0 Å². The third kappa shape index (κ3) is 4.38. The van der Waals surface area contributed by atoms with Gasteiger partial charge in [-0.3, -0.25) is 19.3 Å². The molecule has 1 saturated carbocycles. The Kier molecular flexibility index (Phi) is 6.26. The monoisotopic (exact) mass is 372 g/mol. The molecular formula is C21H30N3O3+. The van der Waals surface area contributed by atoms with E-state index in [9.17, 15) is 14.4 Å². The molecule has 2 N–H and O–H groups in total. The van der Waals surface area contributed by atoms with Gasteiger partial charge in [-0.1, -0.05) is 43.2 Å². The Bertz CT molecular complexity index is 665. The molecule has 0 spiro atoms. The first-order chi connectivity index (χ1) is 13.0. The fourth-order valence-electron chi connectivity index (χ4n) is 4.31. The Morgan fingerprint density at radius 3 is 2.26 bits per heavy atom. The lowest BCUT2D eigenvalue weighted by atomic mass is 9.81. The van der Waals surface area contributed by atoms with Crippen LogP contribution in [0.15, 0.2) is 30.3 Å². The maximum absolute atomic E-state index is 12.5. The van der Waals surface area contributed by atoms with E-state index in [1.54, 1.807) is 0 Å². The number of fused-ring (bicyclic) bond motifs is 1. The van der Waals surface area contributed by atoms with Crippen LogP contribution >= 0.6 is 0 Å². The highest BCUT2D eigenvalue weighted by Gasteiger charge is 2.47. The quantitative estimate of drug-likeness (QED) is 0.687. The summed E-state index contributed by atoms with van der Waals surface area (Å²) in [5.41, 5.74) is 1.17. The smallest absolute Gasteiger partial charge is 0.233 e. The van der Waals surface area contributed by atoms with Gasteiger partial charge in [-0.15, -0.1) is 0 Å². The standard InChI is InChI=1S/C21H29N3O3/c1-23(2)18(15-8-4-3-5-9-15)14-22-19(25)12-13-24-20(26)16-10-6-7-11-17(16)21(24)27/h3-5,8-9,16-18H,6-7,10-14H2,1-2H3,(H,22,25)/p+1/t16-,17+,18-/m1/s1. The normalized spacial score (nSPS) is 23.4. The van der Waals surface area contributed by atoms with Crippen LogP contribution in [0.5, 0.6) is 0 Å². The molecule has 1 aromatic carbocycles. The summed E-state index contributed by atoms with van der Waals surface area (Å²) in [5.74, 6) is -0.550. The van der Waals surface area contributed by atoms with Crippen molar-refractivity contribution in [3.05, 3.63) is 35.9 Å². The fraction of sp³-hybridized carbons (Fsp3) is 0.571. The van der Waals surface area contributed by atoms with Crippen molar-refractivity contribution in [2.24, 2.45) is 11.8 Å². The molecule has 2 aliphatic rings. The number of likely N-dealkylation sites (tertiary alicyclic amines) is 1. The van der Waals surface area contributed by atoms with E-state index in [4.69, 9.17) is 0 Å². The van der Waals surface area contributed by atoms with E-state index in [0.717, 1.165) is 25.7 Å². The molecule has 0 unspecified atom stereocenters. The number of carbonyl (C=O) groups excluding carboxylic acids is 3. The van der Waals surface area contributed by atoms with Gasteiger partial charge in [0.15, 0.2) is 0 Å². The highest BCUT2D eigenvalue weighted by atomic mass is 16.2. The van der Waals surface area contributed by atoms with Crippen molar-refractivity contribution < 1.29 is 19.3 Å². The fourth-order valence-corrected chi connectivity index (χ4v) is 4.31. The van der Waals surface area contributed by atoms with Crippen molar-refractivity contribution in [1.29, 1.82) is 0 Å². The summed E-state index contributed by atoms with van der Waals surface area (Å²) in [7, 11) is 4.13. The molecule has 0 aromatic heterocycles. The topological polar surface area (TPSA) is 70.9 Å². The third-order valence-corrected chi connectivity index (χ3v) is 5.90. The molecule has 0 radical (unpaired) electrons. The zero-order chi connectivity index (χ0) is 19.4. The number of hydrogen-bond donors (Lipinski definition) is 2. The van der Waals surface area contributed by atoms with Crippen LogP contribution in [0.2, 0.25) is 0 Å². The number of quaternary nitrogens is 1. The predicted octanol–water partition coefficient (Wildman–Crippen LogP) is 0.554. The number of imide groups is 1. The molecule has 3 amide bonds. The second-order valence-electron chi connectivity index (χ2n) is 7.92. The summed E-state index contributed by atoms with van der Waals surface area (Å²) in [6.07, 6.45) is 3.82. The SMILES string of the molecule is C[NH+](C)[C@H](CNC(=O)CCN1C(=O)[C@H]2CCCC[C@H]2C1=O)c1ccccc1. The van der Waals surface area contributed by atoms with Crippen LogP contribution in [0.4, 0.5) is 0 Å². The summed E-state index contributed by atoms with van der Waals surface area (Å²) in [6.45, 7) is 0.722. The second-order valence-corrected chi connectivity index (χ2v) is 7.92. The molecule has 27 heavy (non-hydrogen) atoms. The van der Waals surface area contributed by atoms with Crippen molar-refractivity contribution in [1.82, 2.24) is 10.2 Å². The largest absolute Gasteiger partial charge is 0.350 e. The van der Waals surface area contributed by atoms with Crippen LogP contribution in [0.25, 0.3) is 0 Å². The second kappa shape index (κ2) is 8.65. The number of nitrogens with one attached hydrogen (secondary N) is 2. The Hall–Kier alpha value is -2.21. The first-order valence-electron chi connectivity index (χ1n) is 9.96. The molecule has 1 aromatic rings. The maximum atomic E-state index is 12.5. The Morgan fingerprint density at radius 2 is 1.70 bits per heavy atom. The molecule has 6 heteroatoms. The van der Waals surface area contributed by atoms with Gasteiger partial charge < -0.3 is 10.2 Å². The number of amides is 3. The first kappa shape index (κ1) is 19.5. The van der Waals surface area contributed by atoms with Gasteiger partial charge in [0.1, 0.15) is 6.04 Å². The van der Waals surface area contributed by atoms with Gasteiger partial charge >= 0.3 is 0 Å². The number of hydrogen-bond acceptors (Lipinski definition) is 3. The molecule has 3 rings (SSSR count). The van der Waals surface area contributed by atoms with Gasteiger partial charge in [-0.2, -0.15) is 0 Å². The highest BCUT2D eigenvalue weighted by Crippen LogP contribution is 2.37. The molecule has 1 aliphatic carbocycles. The molecule has 1 aliphatic heterocycles. The van der Waals surface area contributed by atoms with Crippen molar-refractivity contribution in [3.8, 4) is 0 Å². The lowest BCUT2D eigenvalue weighted by Gasteiger charge is -2.22. The summed E-state index contributed by atoms with van der Waals surface area (Å²) in [5, 5.41) is 2.97. The van der Waals surface area contributed by atoms with Crippen LogP contribution in [-0.2, 0) is 14.4 Å². The van der Waals surface area contributed by atoms with E-state index in [1.807, 2.05) is 18.2 Å². The molecule has 146 valence electrons. The molecule has 1 heterocycles. The molecule has 6 nitrogen and oxygen atoms in total. The Morgan fingerprint density at radius 1 is 1.11 bits per heavy atom. The average Bonchev–Trinajstić information content (AvgIpc) is 2.91. The van der Waals surface area contributed by atoms with E-state index in [0.29, 0.717) is 6.54 Å². The van der Waals surface area contributed by atoms with E-state index < -0.39 is 0 Å². The van der Waals surface area contributed by atoms with Gasteiger partial charge in [-0.25, -0.2) is 0 Å². The summed E-state index contributed by atoms with van der Waals surface area (Å²) < 4.78 is 0. The number of nitrogens with zero attached hydrogens (tertiary/aromatic N) is 1. The predicted molar refractivity (Wildman–Crippen MR) is 102 cm³/mol. The lowest BCUT2D eigenvalue weighted by molar-refractivity contribution is -0.890. The van der Waals surface area contributed by atoms with E-state index >= 15 is 0 Å². The van der Waals surface area contributed by atoms with Crippen molar-refractivity contribution in [3.63, 3.8) is 0 Å². The summed E-state index contributed by atoms with van der Waals surface area (Å²) in [4.78, 5) is 39.8. The number of likely N-dealkylation sites (N-methyl/N-ethyl adjacent to an activating group) is 1. The van der Waals surface area contributed by atoms with Crippen LogP contribution in [0.1, 0.15) is 43.7 Å². The minimum Gasteiger partial charge on any atom is -0.350 e. The average molecular weight is 372 g/mol. The van der Waals surface area contributed by atoms with Crippen LogP contribution in [0.3, 0.4) is 0 Å². The number of carbonyl (C=O) groups is 3. The first-order valence-corrected chi connectivity index (χ1v) is 9.96. The minimum atomic E-state index is -0.144. The highest BCUT2D eigenvalue weighted by molar-refractivity contribution is 6.05. The molecule has 0 bridgehead atoms. The van der Waals surface area contributed by atoms with Gasteiger partial charge in [-0.05, 0) is 12.8 Å². The summed E-state index contributed by atoms with van der Waals surface area (Å²) >= 11 is 0. The minimum absolute atomic E-state index is 0.0719. The van der Waals surface area contributed by atoms with Crippen molar-refractivity contribution in [2.75, 3.05) is 27.2 Å². The van der Waals surface area contributed by atoms with Crippen LogP contribution < -0.4 is 10.2 Å². The number of benzene rings is 1. The number of rotatable bonds is 7. The Labute approximate surface area is 160 Å². The van der Waals surface area contributed by atoms with Crippen molar-refractivity contribution in [2.45, 2.75) is 38.1 Å². The zero-order valence-electron chi connectivity index (χ0n) is 16.2. The maximum Gasteiger partial charge on any atom is 0.233 e. The van der Waals surface area contributed by atoms with Gasteiger partial charge in [0.05, 0.1) is 32.5 Å². The van der Waals surface area contributed by atoms with E-state index in [2.05, 4.69) is 31.5 Å².